The van der Waals surface area contributed by atoms with Crippen LogP contribution in [0.2, 0.25) is 5.02 Å². The Morgan fingerprint density at radius 2 is 2.00 bits per heavy atom. The number of benzene rings is 1. The number of hydrogen-bond acceptors (Lipinski definition) is 6. The monoisotopic (exact) mass is 406 g/mol. The van der Waals surface area contributed by atoms with E-state index in [-0.39, 0.29) is 17.8 Å². The van der Waals surface area contributed by atoms with Crippen LogP contribution in [-0.4, -0.2) is 37.6 Å². The van der Waals surface area contributed by atoms with Crippen LogP contribution in [-0.2, 0) is 11.3 Å². The van der Waals surface area contributed by atoms with Crippen molar-refractivity contribution in [3.05, 3.63) is 51.5 Å². The molecule has 28 heavy (non-hydrogen) atoms. The normalized spacial score (nSPS) is 14.5. The molecule has 1 N–H and O–H groups in total. The molecular weight excluding hydrogens is 384 g/mol. The fraction of sp³-hybridized carbons (Fsp3) is 0.400. The Bertz CT molecular complexity index is 877. The third-order valence-corrected chi connectivity index (χ3v) is 4.77. The molecule has 3 rings (SSSR count). The average molecular weight is 407 g/mol. The molecule has 2 heterocycles. The number of hydrogen-bond donors (Lipinski definition) is 1. The molecule has 0 unspecified atom stereocenters. The SMILES string of the molecule is COc1ccc(NC(=O)COc2coc(CN3CCCCC3)cc2=O)cc1Cl. The van der Waals surface area contributed by atoms with Crippen LogP contribution in [0, 0.1) is 0 Å². The van der Waals surface area contributed by atoms with E-state index >= 15 is 0 Å². The molecule has 1 aromatic heterocycles. The van der Waals surface area contributed by atoms with Crippen LogP contribution >= 0.6 is 11.6 Å². The van der Waals surface area contributed by atoms with E-state index in [0.717, 1.165) is 13.1 Å². The van der Waals surface area contributed by atoms with Gasteiger partial charge in [-0.05, 0) is 44.1 Å². The lowest BCUT2D eigenvalue weighted by molar-refractivity contribution is -0.118. The molecule has 2 aromatic rings. The van der Waals surface area contributed by atoms with Crippen LogP contribution in [0.5, 0.6) is 11.5 Å². The van der Waals surface area contributed by atoms with E-state index in [1.165, 1.54) is 38.7 Å². The molecule has 1 aromatic carbocycles. The summed E-state index contributed by atoms with van der Waals surface area (Å²) in [6.07, 6.45) is 4.84. The number of methoxy groups -OCH3 is 1. The molecule has 0 atom stereocenters. The number of amides is 1. The Labute approximate surface area is 168 Å². The van der Waals surface area contributed by atoms with Gasteiger partial charge in [-0.1, -0.05) is 18.0 Å². The highest BCUT2D eigenvalue weighted by molar-refractivity contribution is 6.32. The van der Waals surface area contributed by atoms with E-state index in [9.17, 15) is 9.59 Å². The minimum absolute atomic E-state index is 0.00491. The Morgan fingerprint density at radius 1 is 1.21 bits per heavy atom. The van der Waals surface area contributed by atoms with Gasteiger partial charge in [0.15, 0.2) is 6.61 Å². The summed E-state index contributed by atoms with van der Waals surface area (Å²) in [5.41, 5.74) is 0.196. The van der Waals surface area contributed by atoms with E-state index in [1.54, 1.807) is 18.2 Å². The van der Waals surface area contributed by atoms with Crippen molar-refractivity contribution in [2.75, 3.05) is 32.1 Å². The molecule has 0 bridgehead atoms. The summed E-state index contributed by atoms with van der Waals surface area (Å²) < 4.78 is 15.9. The van der Waals surface area contributed by atoms with Gasteiger partial charge in [0.1, 0.15) is 17.8 Å². The van der Waals surface area contributed by atoms with Gasteiger partial charge in [0.2, 0.25) is 11.2 Å². The lowest BCUT2D eigenvalue weighted by Crippen LogP contribution is -2.29. The summed E-state index contributed by atoms with van der Waals surface area (Å²) in [7, 11) is 1.51. The predicted molar refractivity (Wildman–Crippen MR) is 106 cm³/mol. The third kappa shape index (κ3) is 5.50. The molecular formula is C20H23ClN2O5. The lowest BCUT2D eigenvalue weighted by Gasteiger charge is -2.25. The first-order valence-electron chi connectivity index (χ1n) is 9.15. The highest BCUT2D eigenvalue weighted by Crippen LogP contribution is 2.27. The lowest BCUT2D eigenvalue weighted by atomic mass is 10.1. The maximum absolute atomic E-state index is 12.2. The van der Waals surface area contributed by atoms with Gasteiger partial charge in [-0.15, -0.1) is 0 Å². The molecule has 150 valence electrons. The quantitative estimate of drug-likeness (QED) is 0.759. The van der Waals surface area contributed by atoms with Gasteiger partial charge < -0.3 is 19.2 Å². The average Bonchev–Trinajstić information content (AvgIpc) is 2.68. The number of halogens is 1. The highest BCUT2D eigenvalue weighted by Gasteiger charge is 2.14. The van der Waals surface area contributed by atoms with Crippen molar-refractivity contribution in [1.82, 2.24) is 4.90 Å². The van der Waals surface area contributed by atoms with Crippen molar-refractivity contribution in [3.8, 4) is 11.5 Å². The molecule has 1 saturated heterocycles. The number of carbonyl (C=O) groups excluding carboxylic acids is 1. The van der Waals surface area contributed by atoms with Crippen LogP contribution in [0.15, 0.2) is 39.7 Å². The van der Waals surface area contributed by atoms with Crippen molar-refractivity contribution < 1.29 is 18.7 Å². The van der Waals surface area contributed by atoms with Crippen LogP contribution in [0.3, 0.4) is 0 Å². The van der Waals surface area contributed by atoms with Gasteiger partial charge in [0.05, 0.1) is 18.7 Å². The molecule has 0 radical (unpaired) electrons. The first-order chi connectivity index (χ1) is 13.5. The second kappa shape index (κ2) is 9.61. The third-order valence-electron chi connectivity index (χ3n) is 4.47. The Balaban J connectivity index is 1.53. The van der Waals surface area contributed by atoms with E-state index in [4.69, 9.17) is 25.5 Å². The van der Waals surface area contributed by atoms with Crippen LogP contribution in [0.25, 0.3) is 0 Å². The Kier molecular flexibility index (Phi) is 6.95. The number of nitrogens with zero attached hydrogens (tertiary/aromatic N) is 1. The fourth-order valence-electron chi connectivity index (χ4n) is 3.05. The van der Waals surface area contributed by atoms with Gasteiger partial charge in [0, 0.05) is 11.8 Å². The second-order valence-corrected chi connectivity index (χ2v) is 7.01. The van der Waals surface area contributed by atoms with Gasteiger partial charge in [-0.25, -0.2) is 0 Å². The Morgan fingerprint density at radius 3 is 2.68 bits per heavy atom. The van der Waals surface area contributed by atoms with Crippen molar-refractivity contribution in [1.29, 1.82) is 0 Å². The maximum atomic E-state index is 12.2. The van der Waals surface area contributed by atoms with Gasteiger partial charge in [0.25, 0.3) is 5.91 Å². The van der Waals surface area contributed by atoms with Crippen molar-refractivity contribution >= 4 is 23.2 Å². The summed E-state index contributed by atoms with van der Waals surface area (Å²) in [4.78, 5) is 26.5. The zero-order chi connectivity index (χ0) is 19.9. The number of nitrogens with one attached hydrogen (secondary N) is 1. The summed E-state index contributed by atoms with van der Waals surface area (Å²) in [6.45, 7) is 2.31. The largest absolute Gasteiger partial charge is 0.495 e. The van der Waals surface area contributed by atoms with E-state index in [2.05, 4.69) is 10.2 Å². The number of carbonyl (C=O) groups is 1. The second-order valence-electron chi connectivity index (χ2n) is 6.60. The van der Waals surface area contributed by atoms with Gasteiger partial charge in [-0.2, -0.15) is 0 Å². The van der Waals surface area contributed by atoms with Gasteiger partial charge in [-0.3, -0.25) is 14.5 Å². The first kappa shape index (κ1) is 20.2. The molecule has 0 spiro atoms. The fourth-order valence-corrected chi connectivity index (χ4v) is 3.31. The zero-order valence-corrected chi connectivity index (χ0v) is 16.5. The van der Waals surface area contributed by atoms with Crippen LogP contribution in [0.1, 0.15) is 25.0 Å². The summed E-state index contributed by atoms with van der Waals surface area (Å²) in [5, 5.41) is 3.03. The molecule has 1 aliphatic heterocycles. The number of likely N-dealkylation sites (tertiary alicyclic amines) is 1. The Hall–Kier alpha value is -2.51. The van der Waals surface area contributed by atoms with Crippen LogP contribution in [0.4, 0.5) is 5.69 Å². The molecule has 1 fully saturated rings. The topological polar surface area (TPSA) is 81.0 Å². The number of ether oxygens (including phenoxy) is 2. The van der Waals surface area contributed by atoms with Crippen molar-refractivity contribution in [3.63, 3.8) is 0 Å². The predicted octanol–water partition coefficient (Wildman–Crippen LogP) is 3.31. The number of rotatable bonds is 7. The van der Waals surface area contributed by atoms with Crippen molar-refractivity contribution in [2.24, 2.45) is 0 Å². The van der Waals surface area contributed by atoms with Crippen molar-refractivity contribution in [2.45, 2.75) is 25.8 Å². The standard InChI is InChI=1S/C20H23ClN2O5/c1-26-18-6-5-14(9-16(18)21)22-20(25)13-28-19-12-27-15(10-17(19)24)11-23-7-3-2-4-8-23/h5-6,9-10,12H,2-4,7-8,11,13H2,1H3,(H,22,25). The smallest absolute Gasteiger partial charge is 0.262 e. The number of anilines is 1. The minimum Gasteiger partial charge on any atom is -0.495 e. The maximum Gasteiger partial charge on any atom is 0.262 e. The highest BCUT2D eigenvalue weighted by atomic mass is 35.5. The molecule has 1 aliphatic rings. The number of piperidine rings is 1. The molecule has 8 heteroatoms. The summed E-state index contributed by atoms with van der Waals surface area (Å²) in [6, 6.07) is 6.30. The summed E-state index contributed by atoms with van der Waals surface area (Å²) in [5.74, 6) is 0.693. The summed E-state index contributed by atoms with van der Waals surface area (Å²) >= 11 is 6.03. The first-order valence-corrected chi connectivity index (χ1v) is 9.53. The van der Waals surface area contributed by atoms with E-state index in [0.29, 0.717) is 28.8 Å². The molecule has 7 nitrogen and oxygen atoms in total. The van der Waals surface area contributed by atoms with Crippen LogP contribution < -0.4 is 20.2 Å². The molecule has 0 aliphatic carbocycles. The zero-order valence-electron chi connectivity index (χ0n) is 15.7. The van der Waals surface area contributed by atoms with E-state index < -0.39 is 5.91 Å². The van der Waals surface area contributed by atoms with Gasteiger partial charge >= 0.3 is 0 Å². The minimum atomic E-state index is -0.418. The van der Waals surface area contributed by atoms with E-state index in [1.807, 2.05) is 0 Å². The molecule has 1 amide bonds. The molecule has 0 saturated carbocycles.